The fourth-order valence-electron chi connectivity index (χ4n) is 2.84. The molecule has 0 radical (unpaired) electrons. The van der Waals surface area contributed by atoms with Crippen molar-refractivity contribution in [1.82, 2.24) is 5.32 Å². The van der Waals surface area contributed by atoms with Crippen molar-refractivity contribution in [3.05, 3.63) is 29.8 Å². The molecule has 0 aromatic heterocycles. The van der Waals surface area contributed by atoms with Crippen LogP contribution in [0.2, 0.25) is 0 Å². The maximum absolute atomic E-state index is 12.2. The summed E-state index contributed by atoms with van der Waals surface area (Å²) in [5.41, 5.74) is 12.7. The molecule has 0 spiro atoms. The van der Waals surface area contributed by atoms with Gasteiger partial charge in [-0.15, -0.1) is 0 Å². The molecule has 1 unspecified atom stereocenters. The molecule has 1 amide bonds. The van der Waals surface area contributed by atoms with E-state index in [1.165, 1.54) is 32.1 Å². The maximum atomic E-state index is 12.2. The van der Waals surface area contributed by atoms with Gasteiger partial charge in [0.2, 0.25) is 0 Å². The lowest BCUT2D eigenvalue weighted by Crippen LogP contribution is -2.45. The van der Waals surface area contributed by atoms with E-state index in [9.17, 15) is 4.79 Å². The third-order valence-corrected chi connectivity index (χ3v) is 3.94. The van der Waals surface area contributed by atoms with E-state index in [1.54, 1.807) is 24.3 Å². The van der Waals surface area contributed by atoms with Gasteiger partial charge in [-0.05, 0) is 37.0 Å². The van der Waals surface area contributed by atoms with Crippen LogP contribution in [0.15, 0.2) is 24.3 Å². The Hall–Kier alpha value is -1.55. The van der Waals surface area contributed by atoms with Crippen LogP contribution in [-0.4, -0.2) is 18.5 Å². The average Bonchev–Trinajstić information content (AvgIpc) is 2.45. The molecular formula is C15H23N3O. The summed E-state index contributed by atoms with van der Waals surface area (Å²) in [6.45, 7) is 0.499. The smallest absolute Gasteiger partial charge is 0.251 e. The number of hydrogen-bond donors (Lipinski definition) is 3. The molecule has 0 bridgehead atoms. The second-order valence-electron chi connectivity index (χ2n) is 5.34. The zero-order valence-electron chi connectivity index (χ0n) is 11.3. The quantitative estimate of drug-likeness (QED) is 0.724. The van der Waals surface area contributed by atoms with E-state index in [0.29, 0.717) is 23.7 Å². The topological polar surface area (TPSA) is 81.1 Å². The van der Waals surface area contributed by atoms with Gasteiger partial charge in [0, 0.05) is 23.8 Å². The first-order valence-electron chi connectivity index (χ1n) is 7.07. The summed E-state index contributed by atoms with van der Waals surface area (Å²) in [5, 5.41) is 3.06. The van der Waals surface area contributed by atoms with Crippen LogP contribution in [0.4, 0.5) is 5.69 Å². The molecule has 2 rings (SSSR count). The van der Waals surface area contributed by atoms with Crippen LogP contribution in [0.5, 0.6) is 0 Å². The highest BCUT2D eigenvalue weighted by Gasteiger charge is 2.24. The molecule has 0 aliphatic heterocycles. The zero-order valence-corrected chi connectivity index (χ0v) is 11.3. The zero-order chi connectivity index (χ0) is 13.7. The molecule has 104 valence electrons. The highest BCUT2D eigenvalue weighted by atomic mass is 16.1. The third-order valence-electron chi connectivity index (χ3n) is 3.94. The number of nitrogens with two attached hydrogens (primary N) is 2. The number of rotatable bonds is 4. The van der Waals surface area contributed by atoms with Crippen LogP contribution in [0, 0.1) is 5.92 Å². The number of carbonyl (C=O) groups excluding carboxylic acids is 1. The van der Waals surface area contributed by atoms with E-state index in [-0.39, 0.29) is 11.9 Å². The van der Waals surface area contributed by atoms with Crippen LogP contribution in [0.25, 0.3) is 0 Å². The van der Waals surface area contributed by atoms with Crippen molar-refractivity contribution in [2.75, 3.05) is 12.3 Å². The van der Waals surface area contributed by atoms with Crippen LogP contribution in [0.3, 0.4) is 0 Å². The van der Waals surface area contributed by atoms with Gasteiger partial charge in [0.25, 0.3) is 5.91 Å². The van der Waals surface area contributed by atoms with Crippen LogP contribution in [0.1, 0.15) is 42.5 Å². The lowest BCUT2D eigenvalue weighted by atomic mass is 9.84. The second kappa shape index (κ2) is 6.57. The maximum Gasteiger partial charge on any atom is 0.251 e. The van der Waals surface area contributed by atoms with Gasteiger partial charge in [-0.2, -0.15) is 0 Å². The summed E-state index contributed by atoms with van der Waals surface area (Å²) in [5.74, 6) is 0.442. The predicted molar refractivity (Wildman–Crippen MR) is 77.7 cm³/mol. The first-order chi connectivity index (χ1) is 9.20. The average molecular weight is 261 g/mol. The number of anilines is 1. The molecule has 1 aliphatic rings. The van der Waals surface area contributed by atoms with Gasteiger partial charge >= 0.3 is 0 Å². The van der Waals surface area contributed by atoms with Gasteiger partial charge in [-0.1, -0.05) is 25.3 Å². The number of carbonyl (C=O) groups is 1. The SMILES string of the molecule is NCC(NC(=O)c1cccc(N)c1)C1CCCCC1. The molecule has 1 aliphatic carbocycles. The Morgan fingerprint density at radius 1 is 1.32 bits per heavy atom. The normalized spacial score (nSPS) is 17.9. The molecule has 0 saturated heterocycles. The molecule has 4 nitrogen and oxygen atoms in total. The summed E-state index contributed by atoms with van der Waals surface area (Å²) < 4.78 is 0. The number of nitrogens with one attached hydrogen (secondary N) is 1. The van der Waals surface area contributed by atoms with Crippen molar-refractivity contribution in [2.45, 2.75) is 38.1 Å². The molecule has 4 heteroatoms. The van der Waals surface area contributed by atoms with Gasteiger partial charge in [0.1, 0.15) is 0 Å². The summed E-state index contributed by atoms with van der Waals surface area (Å²) in [6, 6.07) is 7.12. The molecule has 1 atom stereocenters. The number of hydrogen-bond acceptors (Lipinski definition) is 3. The Balaban J connectivity index is 1.99. The lowest BCUT2D eigenvalue weighted by molar-refractivity contribution is 0.0915. The van der Waals surface area contributed by atoms with Crippen molar-refractivity contribution in [3.63, 3.8) is 0 Å². The second-order valence-corrected chi connectivity index (χ2v) is 5.34. The molecule has 1 fully saturated rings. The highest BCUT2D eigenvalue weighted by Crippen LogP contribution is 2.26. The minimum absolute atomic E-state index is 0.0756. The van der Waals surface area contributed by atoms with Crippen LogP contribution < -0.4 is 16.8 Å². The monoisotopic (exact) mass is 261 g/mol. The van der Waals surface area contributed by atoms with Gasteiger partial charge < -0.3 is 16.8 Å². The van der Waals surface area contributed by atoms with Gasteiger partial charge in [-0.3, -0.25) is 4.79 Å². The van der Waals surface area contributed by atoms with Gasteiger partial charge in [0.15, 0.2) is 0 Å². The van der Waals surface area contributed by atoms with Crippen LogP contribution in [-0.2, 0) is 0 Å². The van der Waals surface area contributed by atoms with E-state index in [1.807, 2.05) is 0 Å². The fourth-order valence-corrected chi connectivity index (χ4v) is 2.84. The van der Waals surface area contributed by atoms with Gasteiger partial charge in [-0.25, -0.2) is 0 Å². The van der Waals surface area contributed by atoms with Gasteiger partial charge in [0.05, 0.1) is 0 Å². The Kier molecular flexibility index (Phi) is 4.80. The van der Waals surface area contributed by atoms with E-state index < -0.39 is 0 Å². The molecular weight excluding hydrogens is 238 g/mol. The fraction of sp³-hybridized carbons (Fsp3) is 0.533. The summed E-state index contributed by atoms with van der Waals surface area (Å²) in [7, 11) is 0. The van der Waals surface area contributed by atoms with E-state index in [2.05, 4.69) is 5.32 Å². The van der Waals surface area contributed by atoms with E-state index in [0.717, 1.165) is 0 Å². The van der Waals surface area contributed by atoms with E-state index >= 15 is 0 Å². The lowest BCUT2D eigenvalue weighted by Gasteiger charge is -2.30. The summed E-state index contributed by atoms with van der Waals surface area (Å²) in [6.07, 6.45) is 6.12. The Bertz CT molecular complexity index is 427. The highest BCUT2D eigenvalue weighted by molar-refractivity contribution is 5.95. The Morgan fingerprint density at radius 2 is 2.05 bits per heavy atom. The molecule has 5 N–H and O–H groups in total. The largest absolute Gasteiger partial charge is 0.399 e. The van der Waals surface area contributed by atoms with Crippen molar-refractivity contribution < 1.29 is 4.79 Å². The Labute approximate surface area is 114 Å². The predicted octanol–water partition coefficient (Wildman–Crippen LogP) is 1.91. The van der Waals surface area contributed by atoms with Crippen molar-refractivity contribution in [2.24, 2.45) is 11.7 Å². The number of amides is 1. The van der Waals surface area contributed by atoms with Crippen LogP contribution >= 0.6 is 0 Å². The third kappa shape index (κ3) is 3.70. The molecule has 1 aromatic carbocycles. The Morgan fingerprint density at radius 3 is 2.68 bits per heavy atom. The first-order valence-corrected chi connectivity index (χ1v) is 7.07. The molecule has 1 saturated carbocycles. The van der Waals surface area contributed by atoms with E-state index in [4.69, 9.17) is 11.5 Å². The number of nitrogen functional groups attached to an aromatic ring is 1. The van der Waals surface area contributed by atoms with Crippen molar-refractivity contribution >= 4 is 11.6 Å². The van der Waals surface area contributed by atoms with Crippen molar-refractivity contribution in [3.8, 4) is 0 Å². The van der Waals surface area contributed by atoms with Crippen molar-refractivity contribution in [1.29, 1.82) is 0 Å². The first kappa shape index (κ1) is 13.9. The minimum Gasteiger partial charge on any atom is -0.399 e. The molecule has 19 heavy (non-hydrogen) atoms. The molecule has 0 heterocycles. The summed E-state index contributed by atoms with van der Waals surface area (Å²) >= 11 is 0. The minimum atomic E-state index is -0.0756. The molecule has 1 aromatic rings. The summed E-state index contributed by atoms with van der Waals surface area (Å²) in [4.78, 5) is 12.2. The standard InChI is InChI=1S/C15H23N3O/c16-10-14(11-5-2-1-3-6-11)18-15(19)12-7-4-8-13(17)9-12/h4,7-9,11,14H,1-3,5-6,10,16-17H2,(H,18,19). The number of benzene rings is 1.